The minimum absolute atomic E-state index is 0.0461. The first-order chi connectivity index (χ1) is 34.6. The molecule has 0 unspecified atom stereocenters. The van der Waals surface area contributed by atoms with Crippen molar-refractivity contribution in [2.75, 3.05) is 12.0 Å². The Kier molecular flexibility index (Phi) is 22.9. The zero-order chi connectivity index (χ0) is 53.8. The molecule has 0 aliphatic heterocycles. The number of ketones is 4. The number of benzene rings is 3. The Bertz CT molecular complexity index is 2610. The van der Waals surface area contributed by atoms with E-state index in [1.54, 1.807) is 24.6 Å². The lowest BCUT2D eigenvalue weighted by Crippen LogP contribution is -2.48. The number of aromatic hydroxyl groups is 1. The van der Waals surface area contributed by atoms with Gasteiger partial charge in [-0.15, -0.1) is 0 Å². The first kappa shape index (κ1) is 58.3. The van der Waals surface area contributed by atoms with Crippen molar-refractivity contribution in [2.24, 2.45) is 29.2 Å². The third-order valence-electron chi connectivity index (χ3n) is 12.4. The Labute approximate surface area is 425 Å². The van der Waals surface area contributed by atoms with Crippen LogP contribution in [0, 0.1) is 23.6 Å². The minimum Gasteiger partial charge on any atom is -0.508 e. The van der Waals surface area contributed by atoms with Crippen LogP contribution >= 0.6 is 11.8 Å². The number of primary amides is 1. The van der Waals surface area contributed by atoms with Gasteiger partial charge in [-0.1, -0.05) is 49.4 Å². The summed E-state index contributed by atoms with van der Waals surface area (Å²) < 4.78 is 13.5. The molecule has 0 saturated carbocycles. The lowest BCUT2D eigenvalue weighted by molar-refractivity contribution is -0.141. The molecule has 0 saturated heterocycles. The van der Waals surface area contributed by atoms with Crippen LogP contribution in [0.15, 0.2) is 79.0 Å². The van der Waals surface area contributed by atoms with Crippen LogP contribution < -0.4 is 27.4 Å². The fraction of sp³-hybridized carbons (Fsp3) is 0.423. The summed E-state index contributed by atoms with van der Waals surface area (Å²) in [5.41, 5.74) is 13.9. The zero-order valence-corrected chi connectivity index (χ0v) is 41.4. The molecule has 0 radical (unpaired) electrons. The van der Waals surface area contributed by atoms with E-state index in [0.717, 1.165) is 10.9 Å². The highest BCUT2D eigenvalue weighted by molar-refractivity contribution is 7.98. The number of carboxylic acid groups (broad SMARTS) is 2. The number of phenolic OH excluding ortho intramolecular Hbond substituents is 1. The summed E-state index contributed by atoms with van der Waals surface area (Å²) in [7, 11) is 0. The van der Waals surface area contributed by atoms with Crippen molar-refractivity contribution >= 4 is 81.4 Å². The second-order valence-electron chi connectivity index (χ2n) is 18.1. The van der Waals surface area contributed by atoms with Crippen LogP contribution in [0.1, 0.15) is 81.4 Å². The Hall–Kier alpha value is -7.26. The van der Waals surface area contributed by atoms with E-state index in [0.29, 0.717) is 22.4 Å². The van der Waals surface area contributed by atoms with Crippen molar-refractivity contribution in [3.63, 3.8) is 0 Å². The van der Waals surface area contributed by atoms with E-state index in [9.17, 15) is 62.5 Å². The molecule has 0 spiro atoms. The Morgan fingerprint density at radius 2 is 1.25 bits per heavy atom. The molecule has 0 aliphatic rings. The molecule has 21 heteroatoms. The predicted molar refractivity (Wildman–Crippen MR) is 268 cm³/mol. The highest BCUT2D eigenvalue weighted by Crippen LogP contribution is 2.23. The van der Waals surface area contributed by atoms with Crippen molar-refractivity contribution in [3.05, 3.63) is 102 Å². The summed E-state index contributed by atoms with van der Waals surface area (Å²) in [4.78, 5) is 134. The summed E-state index contributed by atoms with van der Waals surface area (Å²) in [6.07, 6.45) is -0.182. The second kappa shape index (κ2) is 28.7. The van der Waals surface area contributed by atoms with Gasteiger partial charge in [0.2, 0.25) is 23.6 Å². The Morgan fingerprint density at radius 3 is 1.89 bits per heavy atom. The van der Waals surface area contributed by atoms with E-state index < -0.39 is 139 Å². The molecule has 1 aromatic heterocycles. The average Bonchev–Trinajstić information content (AvgIpc) is 3.76. The van der Waals surface area contributed by atoms with Crippen LogP contribution in [-0.2, 0) is 67.2 Å². The van der Waals surface area contributed by atoms with Crippen molar-refractivity contribution in [3.8, 4) is 5.75 Å². The van der Waals surface area contributed by atoms with Crippen LogP contribution in [0.4, 0.5) is 4.39 Å². The maximum Gasteiger partial charge on any atom is 0.305 e. The summed E-state index contributed by atoms with van der Waals surface area (Å²) in [5, 5.41) is 37.2. The molecule has 4 rings (SSSR count). The summed E-state index contributed by atoms with van der Waals surface area (Å²) >= 11 is 1.36. The number of carboxylic acids is 2. The number of halogens is 1. The number of thioether (sulfide) groups is 1. The number of H-pyrrole nitrogens is 1. The van der Waals surface area contributed by atoms with Gasteiger partial charge < -0.3 is 47.7 Å². The number of aromatic amines is 1. The number of nitrogens with two attached hydrogens (primary N) is 2. The number of carbonyl (C=O) groups excluding carboxylic acids is 8. The predicted octanol–water partition coefficient (Wildman–Crippen LogP) is 3.50. The molecule has 0 fully saturated rings. The molecule has 4 amide bonds. The third kappa shape index (κ3) is 19.4. The van der Waals surface area contributed by atoms with E-state index in [-0.39, 0.29) is 50.7 Å². The number of nitrogens with one attached hydrogen (secondary N) is 4. The van der Waals surface area contributed by atoms with Crippen LogP contribution in [0.5, 0.6) is 5.75 Å². The molecule has 392 valence electrons. The smallest absolute Gasteiger partial charge is 0.305 e. The van der Waals surface area contributed by atoms with Crippen LogP contribution in [-0.4, -0.2) is 115 Å². The molecule has 73 heavy (non-hydrogen) atoms. The highest BCUT2D eigenvalue weighted by Gasteiger charge is 2.34. The van der Waals surface area contributed by atoms with Crippen molar-refractivity contribution in [1.82, 2.24) is 20.9 Å². The number of hydrogen-bond acceptors (Lipinski definition) is 13. The summed E-state index contributed by atoms with van der Waals surface area (Å²) in [5.74, 6) is -11.6. The number of Topliss-reactive ketones (excluding diaryl/α,β-unsaturated/α-hetero) is 4. The molecule has 0 bridgehead atoms. The fourth-order valence-electron chi connectivity index (χ4n) is 8.10. The Morgan fingerprint density at radius 1 is 0.644 bits per heavy atom. The lowest BCUT2D eigenvalue weighted by Gasteiger charge is -2.24. The lowest BCUT2D eigenvalue weighted by atomic mass is 9.89. The minimum atomic E-state index is -1.62. The first-order valence-corrected chi connectivity index (χ1v) is 25.1. The van der Waals surface area contributed by atoms with Gasteiger partial charge in [0.25, 0.3) is 0 Å². The van der Waals surface area contributed by atoms with Gasteiger partial charge in [-0.3, -0.25) is 47.9 Å². The van der Waals surface area contributed by atoms with Crippen LogP contribution in [0.25, 0.3) is 10.9 Å². The van der Waals surface area contributed by atoms with Crippen molar-refractivity contribution in [1.29, 1.82) is 0 Å². The molecule has 11 N–H and O–H groups in total. The molecule has 7 atom stereocenters. The quantitative estimate of drug-likeness (QED) is 0.0330. The Balaban J connectivity index is 1.53. The van der Waals surface area contributed by atoms with E-state index in [1.807, 2.05) is 12.1 Å². The monoisotopic (exact) mass is 1030 g/mol. The second-order valence-corrected chi connectivity index (χ2v) is 19.1. The number of aromatic nitrogens is 1. The number of phenols is 1. The van der Waals surface area contributed by atoms with E-state index in [1.165, 1.54) is 67.2 Å². The number of amides is 4. The molecule has 19 nitrogen and oxygen atoms in total. The summed E-state index contributed by atoms with van der Waals surface area (Å²) in [6, 6.07) is 13.0. The fourth-order valence-corrected chi connectivity index (χ4v) is 8.62. The zero-order valence-electron chi connectivity index (χ0n) is 40.6. The standard InChI is InChI=1S/C52H63FN6O13S/c1-29(21-44(62)38(54)15-18-48(66)67)51(71)58-40(23-31-9-13-36(60)14-10-31)43(61)16-17-47(65)57-41(24-34-28-56-39-6-4-3-5-37(34)39)45(63)25-32(19-20-73-2)52(72)59-42(27-49(68)69)46(64)26-33(50(55)70)22-30-7-11-35(53)12-8-30/h3-14,28-29,32-33,38,40-42,56,60H,15-27,54H2,1-2H3,(H2,55,70)(H,57,65)(H,58,71)(H,59,72)(H,66,67)(H,68,69)/t29-,32-,33-,38-,40+,41+,42+/m1/s1. The molecular formula is C52H63FN6O13S. The highest BCUT2D eigenvalue weighted by atomic mass is 32.2. The van der Waals surface area contributed by atoms with Crippen molar-refractivity contribution in [2.45, 2.75) is 108 Å². The van der Waals surface area contributed by atoms with Gasteiger partial charge in [-0.2, -0.15) is 11.8 Å². The number of para-hydroxylation sites is 1. The third-order valence-corrected chi connectivity index (χ3v) is 13.0. The number of aliphatic carboxylic acids is 2. The number of rotatable bonds is 33. The molecule has 1 heterocycles. The van der Waals surface area contributed by atoms with E-state index >= 15 is 0 Å². The SMILES string of the molecule is CSCC[C@H](CC(=O)[C@H](Cc1c[nH]c2ccccc12)NC(=O)CCC(=O)[C@H](Cc1ccc(O)cc1)NC(=O)[C@H](C)CC(=O)[C@H](N)CCC(=O)O)C(=O)N[C@@H](CC(=O)O)C(=O)C[C@@H](Cc1ccc(F)cc1)C(N)=O. The molecule has 4 aromatic rings. The maximum absolute atomic E-state index is 14.4. The number of fused-ring (bicyclic) bond motifs is 1. The number of carbonyl (C=O) groups is 10. The van der Waals surface area contributed by atoms with Gasteiger partial charge in [0.05, 0.1) is 30.6 Å². The van der Waals surface area contributed by atoms with Gasteiger partial charge in [0.1, 0.15) is 17.3 Å². The normalized spacial score (nSPS) is 14.1. The molecule has 0 aliphatic carbocycles. The molecular weight excluding hydrogens is 968 g/mol. The molecule has 3 aromatic carbocycles. The van der Waals surface area contributed by atoms with E-state index in [4.69, 9.17) is 16.6 Å². The van der Waals surface area contributed by atoms with Gasteiger partial charge in [-0.05, 0) is 84.7 Å². The van der Waals surface area contributed by atoms with Crippen LogP contribution in [0.3, 0.4) is 0 Å². The average molecular weight is 1030 g/mol. The topological polar surface area (TPSA) is 335 Å². The summed E-state index contributed by atoms with van der Waals surface area (Å²) in [6.45, 7) is 1.45. The van der Waals surface area contributed by atoms with Gasteiger partial charge >= 0.3 is 11.9 Å². The number of hydrogen-bond donors (Lipinski definition) is 9. The first-order valence-electron chi connectivity index (χ1n) is 23.7. The maximum atomic E-state index is 14.4. The van der Waals surface area contributed by atoms with Crippen molar-refractivity contribution < 1.29 is 67.7 Å². The van der Waals surface area contributed by atoms with Gasteiger partial charge in [0.15, 0.2) is 17.3 Å². The largest absolute Gasteiger partial charge is 0.508 e. The van der Waals surface area contributed by atoms with Gasteiger partial charge in [-0.25, -0.2) is 4.39 Å². The van der Waals surface area contributed by atoms with Crippen LogP contribution in [0.2, 0.25) is 0 Å². The van der Waals surface area contributed by atoms with E-state index in [2.05, 4.69) is 20.9 Å². The van der Waals surface area contributed by atoms with Gasteiger partial charge in [0, 0.05) is 79.8 Å².